The van der Waals surface area contributed by atoms with Crippen LogP contribution in [0.1, 0.15) is 19.3 Å². The maximum atomic E-state index is 10.9. The van der Waals surface area contributed by atoms with Gasteiger partial charge in [-0.1, -0.05) is 0 Å². The highest BCUT2D eigenvalue weighted by Gasteiger charge is 2.53. The van der Waals surface area contributed by atoms with Gasteiger partial charge < -0.3 is 5.32 Å². The van der Waals surface area contributed by atoms with Crippen LogP contribution in [0.5, 0.6) is 0 Å². The van der Waals surface area contributed by atoms with E-state index in [0.717, 1.165) is 13.1 Å². The van der Waals surface area contributed by atoms with Gasteiger partial charge in [0, 0.05) is 6.54 Å². The first-order valence-corrected chi connectivity index (χ1v) is 7.06. The third-order valence-electron chi connectivity index (χ3n) is 3.55. The largest absolute Gasteiger partial charge is 0.317 e. The minimum atomic E-state index is -3.00. The molecule has 0 amide bonds. The number of rotatable bonds is 3. The lowest BCUT2D eigenvalue weighted by Gasteiger charge is -2.23. The molecular formula is C9H18N2O2S. The molecule has 1 unspecified atom stereocenters. The van der Waals surface area contributed by atoms with Crippen LogP contribution in [0.15, 0.2) is 0 Å². The molecule has 2 N–H and O–H groups in total. The fraction of sp³-hybridized carbons (Fsp3) is 1.00. The van der Waals surface area contributed by atoms with Gasteiger partial charge in [0.2, 0.25) is 10.0 Å². The molecule has 1 atom stereocenters. The third kappa shape index (κ3) is 2.27. The topological polar surface area (TPSA) is 58.2 Å². The third-order valence-corrected chi connectivity index (χ3v) is 4.24. The summed E-state index contributed by atoms with van der Waals surface area (Å²) >= 11 is 0. The van der Waals surface area contributed by atoms with Crippen LogP contribution in [0.3, 0.4) is 0 Å². The molecule has 0 aromatic rings. The van der Waals surface area contributed by atoms with Crippen molar-refractivity contribution in [2.24, 2.45) is 11.3 Å². The highest BCUT2D eigenvalue weighted by atomic mass is 32.2. The van der Waals surface area contributed by atoms with Crippen molar-refractivity contribution in [1.82, 2.24) is 10.0 Å². The van der Waals surface area contributed by atoms with Crippen molar-refractivity contribution in [3.63, 3.8) is 0 Å². The van der Waals surface area contributed by atoms with Crippen molar-refractivity contribution in [2.45, 2.75) is 19.3 Å². The molecule has 1 saturated carbocycles. The average molecular weight is 218 g/mol. The van der Waals surface area contributed by atoms with E-state index in [0.29, 0.717) is 17.9 Å². The molecule has 0 bridgehead atoms. The molecule has 5 heteroatoms. The minimum Gasteiger partial charge on any atom is -0.317 e. The monoisotopic (exact) mass is 218 g/mol. The summed E-state index contributed by atoms with van der Waals surface area (Å²) in [6, 6.07) is 0. The number of nitrogens with one attached hydrogen (secondary N) is 2. The molecular weight excluding hydrogens is 200 g/mol. The van der Waals surface area contributed by atoms with E-state index in [-0.39, 0.29) is 0 Å². The molecule has 82 valence electrons. The molecule has 1 aliphatic heterocycles. The molecule has 1 spiro atoms. The lowest BCUT2D eigenvalue weighted by molar-refractivity contribution is 0.323. The Labute approximate surface area is 85.5 Å². The summed E-state index contributed by atoms with van der Waals surface area (Å²) in [6.45, 7) is 2.82. The van der Waals surface area contributed by atoms with E-state index in [1.165, 1.54) is 25.5 Å². The maximum Gasteiger partial charge on any atom is 0.208 e. The standard InChI is InChI=1S/C9H18N2O2S/c1-14(12,13)11-7-8-6-9(8)2-4-10-5-3-9/h8,10-11H,2-7H2,1H3. The Morgan fingerprint density at radius 2 is 2.07 bits per heavy atom. The normalized spacial score (nSPS) is 30.5. The molecule has 0 aromatic heterocycles. The van der Waals surface area contributed by atoms with Crippen molar-refractivity contribution in [3.8, 4) is 0 Å². The summed E-state index contributed by atoms with van der Waals surface area (Å²) < 4.78 is 24.4. The fourth-order valence-corrected chi connectivity index (χ4v) is 3.01. The molecule has 0 aromatic carbocycles. The van der Waals surface area contributed by atoms with Gasteiger partial charge in [0.1, 0.15) is 0 Å². The van der Waals surface area contributed by atoms with E-state index >= 15 is 0 Å². The summed E-state index contributed by atoms with van der Waals surface area (Å²) in [5.74, 6) is 0.583. The molecule has 2 aliphatic rings. The van der Waals surface area contributed by atoms with E-state index in [2.05, 4.69) is 10.0 Å². The van der Waals surface area contributed by atoms with Crippen molar-refractivity contribution < 1.29 is 8.42 Å². The van der Waals surface area contributed by atoms with E-state index in [9.17, 15) is 8.42 Å². The summed E-state index contributed by atoms with van der Waals surface area (Å²) in [7, 11) is -3.00. The van der Waals surface area contributed by atoms with Crippen molar-refractivity contribution in [2.75, 3.05) is 25.9 Å². The first-order chi connectivity index (χ1) is 6.52. The highest BCUT2D eigenvalue weighted by Crippen LogP contribution is 2.58. The molecule has 2 rings (SSSR count). The van der Waals surface area contributed by atoms with Crippen molar-refractivity contribution in [1.29, 1.82) is 0 Å². The smallest absolute Gasteiger partial charge is 0.208 e. The van der Waals surface area contributed by atoms with Crippen LogP contribution in [0.2, 0.25) is 0 Å². The lowest BCUT2D eigenvalue weighted by Crippen LogP contribution is -2.32. The predicted octanol–water partition coefficient (Wildman–Crippen LogP) is -0.0747. The Morgan fingerprint density at radius 1 is 1.43 bits per heavy atom. The number of hydrogen-bond acceptors (Lipinski definition) is 3. The van der Waals surface area contributed by atoms with Crippen molar-refractivity contribution >= 4 is 10.0 Å². The van der Waals surface area contributed by atoms with Gasteiger partial charge in [0.15, 0.2) is 0 Å². The van der Waals surface area contributed by atoms with Crippen LogP contribution in [0, 0.1) is 11.3 Å². The van der Waals surface area contributed by atoms with Gasteiger partial charge in [-0.15, -0.1) is 0 Å². The summed E-state index contributed by atoms with van der Waals surface area (Å²) in [5, 5.41) is 3.33. The Hall–Kier alpha value is -0.130. The first-order valence-electron chi connectivity index (χ1n) is 5.17. The predicted molar refractivity (Wildman–Crippen MR) is 55.5 cm³/mol. The summed E-state index contributed by atoms with van der Waals surface area (Å²) in [4.78, 5) is 0. The van der Waals surface area contributed by atoms with E-state index in [4.69, 9.17) is 0 Å². The Morgan fingerprint density at radius 3 is 2.64 bits per heavy atom. The van der Waals surface area contributed by atoms with Gasteiger partial charge in [0.25, 0.3) is 0 Å². The Bertz CT molecular complexity index is 307. The second kappa shape index (κ2) is 3.47. The average Bonchev–Trinajstić information content (AvgIpc) is 2.76. The second-order valence-electron chi connectivity index (χ2n) is 4.63. The van der Waals surface area contributed by atoms with Gasteiger partial charge in [-0.05, 0) is 43.7 Å². The Balaban J connectivity index is 1.80. The van der Waals surface area contributed by atoms with Crippen LogP contribution in [-0.2, 0) is 10.0 Å². The molecule has 1 saturated heterocycles. The van der Waals surface area contributed by atoms with E-state index in [1.807, 2.05) is 0 Å². The number of hydrogen-bond donors (Lipinski definition) is 2. The van der Waals surface area contributed by atoms with Crippen LogP contribution in [0.25, 0.3) is 0 Å². The number of sulfonamides is 1. The zero-order chi connectivity index (χ0) is 10.2. The first kappa shape index (κ1) is 10.4. The van der Waals surface area contributed by atoms with Gasteiger partial charge in [-0.25, -0.2) is 13.1 Å². The fourth-order valence-electron chi connectivity index (χ4n) is 2.51. The van der Waals surface area contributed by atoms with E-state index in [1.54, 1.807) is 0 Å². The van der Waals surface area contributed by atoms with Crippen molar-refractivity contribution in [3.05, 3.63) is 0 Å². The molecule has 2 fully saturated rings. The molecule has 4 nitrogen and oxygen atoms in total. The van der Waals surface area contributed by atoms with E-state index < -0.39 is 10.0 Å². The number of piperidine rings is 1. The van der Waals surface area contributed by atoms with Crippen LogP contribution in [-0.4, -0.2) is 34.3 Å². The molecule has 1 heterocycles. The van der Waals surface area contributed by atoms with Gasteiger partial charge in [-0.3, -0.25) is 0 Å². The SMILES string of the molecule is CS(=O)(=O)NCC1CC12CCNCC2. The maximum absolute atomic E-state index is 10.9. The zero-order valence-electron chi connectivity index (χ0n) is 8.54. The van der Waals surface area contributed by atoms with Gasteiger partial charge >= 0.3 is 0 Å². The Kier molecular flexibility index (Phi) is 2.57. The van der Waals surface area contributed by atoms with Crippen LogP contribution < -0.4 is 10.0 Å². The summed E-state index contributed by atoms with van der Waals surface area (Å²) in [6.07, 6.45) is 4.86. The van der Waals surface area contributed by atoms with Crippen LogP contribution >= 0.6 is 0 Å². The second-order valence-corrected chi connectivity index (χ2v) is 6.47. The quantitative estimate of drug-likeness (QED) is 0.697. The molecule has 0 radical (unpaired) electrons. The molecule has 14 heavy (non-hydrogen) atoms. The highest BCUT2D eigenvalue weighted by molar-refractivity contribution is 7.88. The van der Waals surface area contributed by atoms with Gasteiger partial charge in [-0.2, -0.15) is 0 Å². The van der Waals surface area contributed by atoms with Crippen LogP contribution in [0.4, 0.5) is 0 Å². The zero-order valence-corrected chi connectivity index (χ0v) is 9.36. The summed E-state index contributed by atoms with van der Waals surface area (Å²) in [5.41, 5.74) is 0.475. The van der Waals surface area contributed by atoms with Gasteiger partial charge in [0.05, 0.1) is 6.26 Å². The minimum absolute atomic E-state index is 0.475. The lowest BCUT2D eigenvalue weighted by atomic mass is 9.92. The molecule has 1 aliphatic carbocycles.